The predicted molar refractivity (Wildman–Crippen MR) is 129 cm³/mol. The molecule has 0 radical (unpaired) electrons. The molecular weight excluding hydrogens is 414 g/mol. The van der Waals surface area contributed by atoms with Crippen LogP contribution in [0, 0.1) is 23.2 Å². The van der Waals surface area contributed by atoms with Crippen LogP contribution in [-0.4, -0.2) is 37.6 Å². The summed E-state index contributed by atoms with van der Waals surface area (Å²) >= 11 is 0. The Morgan fingerprint density at radius 3 is 2.73 bits per heavy atom. The molecule has 0 aliphatic heterocycles. The molecule has 0 saturated heterocycles. The smallest absolute Gasteiger partial charge is 0.255 e. The maximum absolute atomic E-state index is 12.3. The van der Waals surface area contributed by atoms with Crippen LogP contribution in [0.2, 0.25) is 0 Å². The Balaban J connectivity index is 1.36. The molecule has 0 bridgehead atoms. The van der Waals surface area contributed by atoms with E-state index in [9.17, 15) is 20.1 Å². The lowest BCUT2D eigenvalue weighted by molar-refractivity contribution is -0.228. The SMILES string of the molecule is CC12CCC3(O)CC4CC(O)CCC4CC[C@]3(O)C1CC=C2c1ccc2c(=O)[nH]ccc2c1. The minimum Gasteiger partial charge on any atom is -0.393 e. The number of rotatable bonds is 1. The van der Waals surface area contributed by atoms with Crippen LogP contribution in [0.1, 0.15) is 70.3 Å². The molecule has 4 N–H and O–H groups in total. The number of pyridine rings is 1. The summed E-state index contributed by atoms with van der Waals surface area (Å²) in [6, 6.07) is 7.96. The molecule has 7 atom stereocenters. The molecule has 5 nitrogen and oxygen atoms in total. The molecule has 5 heteroatoms. The number of benzene rings is 1. The van der Waals surface area contributed by atoms with Gasteiger partial charge in [0, 0.05) is 17.5 Å². The first-order valence-electron chi connectivity index (χ1n) is 12.7. The zero-order valence-corrected chi connectivity index (χ0v) is 19.4. The molecule has 3 saturated carbocycles. The number of hydrogen-bond acceptors (Lipinski definition) is 4. The van der Waals surface area contributed by atoms with Crippen molar-refractivity contribution in [2.24, 2.45) is 23.2 Å². The first kappa shape index (κ1) is 21.6. The van der Waals surface area contributed by atoms with Gasteiger partial charge in [0.2, 0.25) is 0 Å². The Labute approximate surface area is 194 Å². The van der Waals surface area contributed by atoms with Gasteiger partial charge in [-0.25, -0.2) is 0 Å². The van der Waals surface area contributed by atoms with Gasteiger partial charge in [0.15, 0.2) is 0 Å². The summed E-state index contributed by atoms with van der Waals surface area (Å²) in [6.07, 6.45) is 10.6. The second kappa shape index (κ2) is 7.27. The maximum atomic E-state index is 12.3. The van der Waals surface area contributed by atoms with Gasteiger partial charge in [-0.1, -0.05) is 19.1 Å². The highest BCUT2D eigenvalue weighted by Crippen LogP contribution is 2.65. The van der Waals surface area contributed by atoms with Crippen LogP contribution in [0.5, 0.6) is 0 Å². The largest absolute Gasteiger partial charge is 0.393 e. The first-order chi connectivity index (χ1) is 15.7. The van der Waals surface area contributed by atoms with Crippen molar-refractivity contribution in [3.05, 3.63) is 52.5 Å². The highest BCUT2D eigenvalue weighted by Gasteiger charge is 2.65. The van der Waals surface area contributed by atoms with Crippen molar-refractivity contribution in [1.82, 2.24) is 4.98 Å². The molecule has 0 spiro atoms. The second-order valence-electron chi connectivity index (χ2n) is 11.6. The zero-order chi connectivity index (χ0) is 23.0. The highest BCUT2D eigenvalue weighted by atomic mass is 16.4. The van der Waals surface area contributed by atoms with Crippen molar-refractivity contribution in [3.8, 4) is 0 Å². The summed E-state index contributed by atoms with van der Waals surface area (Å²) < 4.78 is 0. The normalized spacial score (nSPS) is 42.7. The number of aliphatic hydroxyl groups excluding tert-OH is 1. The maximum Gasteiger partial charge on any atom is 0.255 e. The topological polar surface area (TPSA) is 93.5 Å². The van der Waals surface area contributed by atoms with E-state index < -0.39 is 11.2 Å². The van der Waals surface area contributed by atoms with Gasteiger partial charge in [-0.2, -0.15) is 0 Å². The van der Waals surface area contributed by atoms with E-state index in [4.69, 9.17) is 0 Å². The van der Waals surface area contributed by atoms with Gasteiger partial charge >= 0.3 is 0 Å². The molecule has 4 aliphatic carbocycles. The quantitative estimate of drug-likeness (QED) is 0.526. The molecule has 4 aliphatic rings. The number of H-pyrrole nitrogens is 1. The van der Waals surface area contributed by atoms with E-state index in [1.807, 2.05) is 18.2 Å². The molecule has 2 aromatic rings. The summed E-state index contributed by atoms with van der Waals surface area (Å²) in [7, 11) is 0. The molecule has 3 fully saturated rings. The van der Waals surface area contributed by atoms with Crippen molar-refractivity contribution in [2.45, 2.75) is 82.0 Å². The molecule has 6 rings (SSSR count). The number of aromatic nitrogens is 1. The molecule has 6 unspecified atom stereocenters. The molecule has 1 heterocycles. The first-order valence-corrected chi connectivity index (χ1v) is 12.7. The Hall–Kier alpha value is -1.95. The third-order valence-corrected chi connectivity index (χ3v) is 10.1. The van der Waals surface area contributed by atoms with E-state index in [0.717, 1.165) is 49.5 Å². The summed E-state index contributed by atoms with van der Waals surface area (Å²) in [6.45, 7) is 2.26. The third-order valence-electron chi connectivity index (χ3n) is 10.1. The number of nitrogens with one attached hydrogen (secondary N) is 1. The zero-order valence-electron chi connectivity index (χ0n) is 19.4. The van der Waals surface area contributed by atoms with Gasteiger partial charge in [-0.3, -0.25) is 4.79 Å². The van der Waals surface area contributed by atoms with Crippen molar-refractivity contribution in [2.75, 3.05) is 0 Å². The van der Waals surface area contributed by atoms with Crippen LogP contribution < -0.4 is 5.56 Å². The van der Waals surface area contributed by atoms with Gasteiger partial charge < -0.3 is 20.3 Å². The van der Waals surface area contributed by atoms with Crippen molar-refractivity contribution in [1.29, 1.82) is 0 Å². The minimum absolute atomic E-state index is 0.0290. The molecule has 33 heavy (non-hydrogen) atoms. The van der Waals surface area contributed by atoms with Crippen molar-refractivity contribution in [3.63, 3.8) is 0 Å². The number of hydrogen-bond donors (Lipinski definition) is 4. The fourth-order valence-corrected chi connectivity index (χ4v) is 8.22. The minimum atomic E-state index is -1.12. The predicted octanol–water partition coefficient (Wildman–Crippen LogP) is 4.15. The number of aliphatic hydroxyl groups is 3. The highest BCUT2D eigenvalue weighted by molar-refractivity contribution is 5.86. The summed E-state index contributed by atoms with van der Waals surface area (Å²) in [5, 5.41) is 36.1. The van der Waals surface area contributed by atoms with Gasteiger partial charge in [0.1, 0.15) is 0 Å². The van der Waals surface area contributed by atoms with Gasteiger partial charge in [0.05, 0.1) is 17.3 Å². The lowest BCUT2D eigenvalue weighted by atomic mass is 9.52. The van der Waals surface area contributed by atoms with E-state index in [1.165, 1.54) is 5.57 Å². The molecular formula is C28H35NO4. The van der Waals surface area contributed by atoms with Crippen LogP contribution in [0.3, 0.4) is 0 Å². The van der Waals surface area contributed by atoms with E-state index >= 15 is 0 Å². The lowest BCUT2D eigenvalue weighted by Gasteiger charge is -2.57. The van der Waals surface area contributed by atoms with E-state index in [-0.39, 0.29) is 23.0 Å². The summed E-state index contributed by atoms with van der Waals surface area (Å²) in [5.74, 6) is 0.758. The van der Waals surface area contributed by atoms with Crippen molar-refractivity contribution < 1.29 is 15.3 Å². The van der Waals surface area contributed by atoms with Crippen LogP contribution >= 0.6 is 0 Å². The fourth-order valence-electron chi connectivity index (χ4n) is 8.22. The van der Waals surface area contributed by atoms with E-state index in [1.54, 1.807) is 6.20 Å². The number of allylic oxidation sites excluding steroid dienone is 2. The van der Waals surface area contributed by atoms with Gasteiger partial charge in [-0.05, 0) is 110 Å². The third kappa shape index (κ3) is 3.05. The Morgan fingerprint density at radius 2 is 1.88 bits per heavy atom. The van der Waals surface area contributed by atoms with Crippen LogP contribution in [0.15, 0.2) is 41.3 Å². The van der Waals surface area contributed by atoms with E-state index in [0.29, 0.717) is 36.5 Å². The Morgan fingerprint density at radius 1 is 1.03 bits per heavy atom. The van der Waals surface area contributed by atoms with E-state index in [2.05, 4.69) is 24.1 Å². The van der Waals surface area contributed by atoms with Gasteiger partial charge in [-0.15, -0.1) is 0 Å². The number of fused-ring (bicyclic) bond motifs is 5. The van der Waals surface area contributed by atoms with Crippen LogP contribution in [0.25, 0.3) is 16.3 Å². The van der Waals surface area contributed by atoms with Gasteiger partial charge in [0.25, 0.3) is 5.56 Å². The molecule has 1 aromatic carbocycles. The average molecular weight is 450 g/mol. The molecule has 1 aromatic heterocycles. The standard InChI is InChI=1S/C28H35NO4/c1-26-11-12-27(32)16-20-15-21(30)4-2-17(20)8-10-28(27,33)24(26)7-6-23(26)19-3-5-22-18(14-19)9-13-29-25(22)31/h3,5-6,9,13-14,17,20-21,24,30,32-33H,2,4,7-8,10-12,15-16H2,1H3,(H,29,31)/t17?,20?,21?,24?,26?,27?,28-/m0/s1. The summed E-state index contributed by atoms with van der Waals surface area (Å²) in [4.78, 5) is 14.9. The Bertz CT molecular complexity index is 1190. The van der Waals surface area contributed by atoms with Crippen LogP contribution in [0.4, 0.5) is 0 Å². The summed E-state index contributed by atoms with van der Waals surface area (Å²) in [5.41, 5.74) is -0.155. The second-order valence-corrected chi connectivity index (χ2v) is 11.6. The number of aromatic amines is 1. The average Bonchev–Trinajstić information content (AvgIpc) is 3.09. The Kier molecular flexibility index (Phi) is 4.75. The van der Waals surface area contributed by atoms with Crippen molar-refractivity contribution >= 4 is 16.3 Å². The monoisotopic (exact) mass is 449 g/mol. The molecule has 0 amide bonds. The molecule has 176 valence electrons. The van der Waals surface area contributed by atoms with Crippen LogP contribution in [-0.2, 0) is 0 Å². The fraction of sp³-hybridized carbons (Fsp3) is 0.607. The lowest BCUT2D eigenvalue weighted by Crippen LogP contribution is -2.64.